The van der Waals surface area contributed by atoms with E-state index in [9.17, 15) is 14.7 Å². The van der Waals surface area contributed by atoms with Crippen LogP contribution in [0.25, 0.3) is 11.5 Å². The van der Waals surface area contributed by atoms with Crippen molar-refractivity contribution in [1.29, 1.82) is 5.26 Å². The van der Waals surface area contributed by atoms with Crippen LogP contribution in [-0.2, 0) is 0 Å². The molecule has 8 nitrogen and oxygen atoms in total. The molecule has 2 aromatic heterocycles. The molecule has 0 saturated carbocycles. The number of hydrogen-bond donors (Lipinski definition) is 2. The van der Waals surface area contributed by atoms with E-state index in [0.29, 0.717) is 5.76 Å². The number of aromatic carboxylic acids is 1. The number of nitrogens with one attached hydrogen (secondary N) is 1. The minimum Gasteiger partial charge on any atom is -0.478 e. The number of furan rings is 1. The van der Waals surface area contributed by atoms with Crippen LogP contribution < -0.4 is 5.32 Å². The monoisotopic (exact) mass is 323 g/mol. The van der Waals surface area contributed by atoms with Crippen LogP contribution in [0.4, 0.5) is 5.69 Å². The number of carboxylic acid groups (broad SMARTS) is 1. The lowest BCUT2D eigenvalue weighted by molar-refractivity contribution is 0.0698. The Morgan fingerprint density at radius 2 is 2.08 bits per heavy atom. The number of anilines is 1. The summed E-state index contributed by atoms with van der Waals surface area (Å²) in [5, 5.41) is 20.4. The molecule has 24 heavy (non-hydrogen) atoms. The quantitative estimate of drug-likeness (QED) is 0.755. The fraction of sp³-hybridized carbons (Fsp3) is 0. The van der Waals surface area contributed by atoms with Crippen molar-refractivity contribution in [2.45, 2.75) is 0 Å². The first-order valence-electron chi connectivity index (χ1n) is 6.67. The molecule has 0 radical (unpaired) electrons. The molecule has 2 N–H and O–H groups in total. The van der Waals surface area contributed by atoms with Gasteiger partial charge in [0.2, 0.25) is 0 Å². The molecule has 0 aliphatic heterocycles. The van der Waals surface area contributed by atoms with Gasteiger partial charge in [-0.1, -0.05) is 0 Å². The van der Waals surface area contributed by atoms with Crippen molar-refractivity contribution in [1.82, 2.24) is 4.98 Å². The highest BCUT2D eigenvalue weighted by molar-refractivity contribution is 6.05. The van der Waals surface area contributed by atoms with Crippen LogP contribution in [0, 0.1) is 11.3 Å². The van der Waals surface area contributed by atoms with E-state index in [1.165, 1.54) is 30.7 Å². The number of aromatic nitrogens is 1. The highest BCUT2D eigenvalue weighted by atomic mass is 16.4. The van der Waals surface area contributed by atoms with Crippen molar-refractivity contribution in [2.24, 2.45) is 0 Å². The van der Waals surface area contributed by atoms with Crippen LogP contribution >= 0.6 is 0 Å². The largest absolute Gasteiger partial charge is 0.478 e. The summed E-state index contributed by atoms with van der Waals surface area (Å²) in [7, 11) is 0. The molecule has 3 rings (SSSR count). The number of hydrogen-bond acceptors (Lipinski definition) is 6. The first kappa shape index (κ1) is 15.1. The molecule has 118 valence electrons. The van der Waals surface area contributed by atoms with Crippen molar-refractivity contribution in [3.8, 4) is 17.6 Å². The molecule has 0 aliphatic rings. The third kappa shape index (κ3) is 2.86. The van der Waals surface area contributed by atoms with E-state index >= 15 is 0 Å². The molecular formula is C16H9N3O5. The first-order chi connectivity index (χ1) is 11.6. The van der Waals surface area contributed by atoms with Gasteiger partial charge in [-0.2, -0.15) is 5.26 Å². The van der Waals surface area contributed by atoms with Gasteiger partial charge in [0.05, 0.1) is 35.3 Å². The third-order valence-electron chi connectivity index (χ3n) is 3.09. The average molecular weight is 323 g/mol. The van der Waals surface area contributed by atoms with Gasteiger partial charge in [0.1, 0.15) is 0 Å². The highest BCUT2D eigenvalue weighted by Crippen LogP contribution is 2.22. The summed E-state index contributed by atoms with van der Waals surface area (Å²) in [5.41, 5.74) is -0.00825. The van der Waals surface area contributed by atoms with Gasteiger partial charge in [-0.25, -0.2) is 9.78 Å². The Morgan fingerprint density at radius 3 is 2.75 bits per heavy atom. The lowest BCUT2D eigenvalue weighted by atomic mass is 10.1. The highest BCUT2D eigenvalue weighted by Gasteiger charge is 2.19. The second-order valence-corrected chi connectivity index (χ2v) is 4.64. The number of nitriles is 1. The summed E-state index contributed by atoms with van der Waals surface area (Å²) < 4.78 is 10.4. The van der Waals surface area contributed by atoms with Crippen molar-refractivity contribution in [3.05, 3.63) is 59.8 Å². The summed E-state index contributed by atoms with van der Waals surface area (Å²) in [4.78, 5) is 27.3. The number of carboxylic acids is 1. The topological polar surface area (TPSA) is 129 Å². The van der Waals surface area contributed by atoms with Crippen LogP contribution in [0.5, 0.6) is 0 Å². The molecule has 8 heteroatoms. The van der Waals surface area contributed by atoms with Gasteiger partial charge >= 0.3 is 11.9 Å². The Bertz CT molecular complexity index is 951. The maximum atomic E-state index is 12.2. The summed E-state index contributed by atoms with van der Waals surface area (Å²) in [6, 6.07) is 9.03. The van der Waals surface area contributed by atoms with E-state index in [0.717, 1.165) is 0 Å². The summed E-state index contributed by atoms with van der Waals surface area (Å²) in [6.07, 6.45) is 2.78. The molecule has 1 amide bonds. The fourth-order valence-corrected chi connectivity index (χ4v) is 1.99. The number of benzene rings is 1. The maximum Gasteiger partial charge on any atom is 0.337 e. The Hall–Kier alpha value is -3.86. The zero-order valence-electron chi connectivity index (χ0n) is 12.0. The SMILES string of the molecule is N#Cc1ccc(NC(=O)c2ncc(-c3ccco3)o2)c(C(=O)O)c1. The Balaban J connectivity index is 1.85. The van der Waals surface area contributed by atoms with Gasteiger partial charge in [-0.15, -0.1) is 0 Å². The Labute approximate surface area is 135 Å². The van der Waals surface area contributed by atoms with Crippen LogP contribution in [0.3, 0.4) is 0 Å². The molecule has 0 atom stereocenters. The Kier molecular flexibility index (Phi) is 3.82. The van der Waals surface area contributed by atoms with Crippen molar-refractivity contribution in [3.63, 3.8) is 0 Å². The van der Waals surface area contributed by atoms with Gasteiger partial charge in [-0.05, 0) is 30.3 Å². The number of rotatable bonds is 4. The van der Waals surface area contributed by atoms with Gasteiger partial charge in [0.15, 0.2) is 11.5 Å². The standard InChI is InChI=1S/C16H9N3O5/c17-7-9-3-4-11(10(6-9)16(21)22)19-14(20)15-18-8-13(24-15)12-2-1-5-23-12/h1-6,8H,(H,19,20)(H,21,22). The van der Waals surface area contributed by atoms with Crippen LogP contribution in [0.15, 0.2) is 51.6 Å². The molecule has 0 fully saturated rings. The van der Waals surface area contributed by atoms with Crippen molar-refractivity contribution in [2.75, 3.05) is 5.32 Å². The summed E-state index contributed by atoms with van der Waals surface area (Å²) >= 11 is 0. The molecule has 0 unspecified atom stereocenters. The predicted molar refractivity (Wildman–Crippen MR) is 80.3 cm³/mol. The van der Waals surface area contributed by atoms with Crippen molar-refractivity contribution >= 4 is 17.6 Å². The van der Waals surface area contributed by atoms with Crippen LogP contribution in [0.1, 0.15) is 26.6 Å². The van der Waals surface area contributed by atoms with E-state index in [-0.39, 0.29) is 28.5 Å². The van der Waals surface area contributed by atoms with Crippen LogP contribution in [-0.4, -0.2) is 22.0 Å². The van der Waals surface area contributed by atoms with E-state index in [4.69, 9.17) is 14.1 Å². The molecule has 1 aromatic carbocycles. The lowest BCUT2D eigenvalue weighted by Crippen LogP contribution is -2.15. The molecule has 0 spiro atoms. The summed E-state index contributed by atoms with van der Waals surface area (Å²) in [6.45, 7) is 0. The minimum absolute atomic E-state index is 0.0317. The maximum absolute atomic E-state index is 12.2. The molecule has 0 aliphatic carbocycles. The van der Waals surface area contributed by atoms with Gasteiger partial charge in [0, 0.05) is 0 Å². The number of nitrogens with zero attached hydrogens (tertiary/aromatic N) is 2. The molecule has 3 aromatic rings. The van der Waals surface area contributed by atoms with Gasteiger partial charge in [0.25, 0.3) is 5.89 Å². The second kappa shape index (κ2) is 6.10. The van der Waals surface area contributed by atoms with Crippen LogP contribution in [0.2, 0.25) is 0 Å². The number of carbonyl (C=O) groups excluding carboxylic acids is 1. The zero-order valence-corrected chi connectivity index (χ0v) is 12.0. The Morgan fingerprint density at radius 1 is 1.25 bits per heavy atom. The first-order valence-corrected chi connectivity index (χ1v) is 6.67. The summed E-state index contributed by atoms with van der Waals surface area (Å²) in [5.74, 6) is -1.57. The van der Waals surface area contributed by atoms with Gasteiger partial charge in [-0.3, -0.25) is 4.79 Å². The van der Waals surface area contributed by atoms with E-state index in [1.807, 2.05) is 6.07 Å². The average Bonchev–Trinajstić information content (AvgIpc) is 3.26. The third-order valence-corrected chi connectivity index (χ3v) is 3.09. The van der Waals surface area contributed by atoms with E-state index < -0.39 is 11.9 Å². The number of amides is 1. The van der Waals surface area contributed by atoms with E-state index in [1.54, 1.807) is 12.1 Å². The smallest absolute Gasteiger partial charge is 0.337 e. The minimum atomic E-state index is -1.27. The predicted octanol–water partition coefficient (Wildman–Crippen LogP) is 2.76. The lowest BCUT2D eigenvalue weighted by Gasteiger charge is -2.06. The molecule has 2 heterocycles. The number of oxazole rings is 1. The van der Waals surface area contributed by atoms with Gasteiger partial charge < -0.3 is 19.3 Å². The number of carbonyl (C=O) groups is 2. The van der Waals surface area contributed by atoms with Crippen molar-refractivity contribution < 1.29 is 23.5 Å². The normalized spacial score (nSPS) is 10.1. The second-order valence-electron chi connectivity index (χ2n) is 4.64. The zero-order chi connectivity index (χ0) is 17.1. The van der Waals surface area contributed by atoms with E-state index in [2.05, 4.69) is 10.3 Å². The molecular weight excluding hydrogens is 314 g/mol. The molecule has 0 bridgehead atoms. The fourth-order valence-electron chi connectivity index (χ4n) is 1.99. The molecule has 0 saturated heterocycles.